The maximum absolute atomic E-state index is 2.42. The number of hydrogen-bond acceptors (Lipinski definition) is 1. The van der Waals surface area contributed by atoms with Gasteiger partial charge in [-0.1, -0.05) is 170 Å². The minimum absolute atomic E-state index is 1.09. The van der Waals surface area contributed by atoms with Gasteiger partial charge in [0.1, 0.15) is 0 Å². The number of fused-ring (bicyclic) bond motifs is 4. The van der Waals surface area contributed by atoms with Gasteiger partial charge < -0.3 is 9.47 Å². The van der Waals surface area contributed by atoms with Crippen LogP contribution in [0.2, 0.25) is 0 Å². The Bertz CT molecular complexity index is 3290. The van der Waals surface area contributed by atoms with Gasteiger partial charge in [-0.15, -0.1) is 0 Å². The van der Waals surface area contributed by atoms with E-state index in [1.807, 2.05) is 0 Å². The van der Waals surface area contributed by atoms with Crippen LogP contribution in [0.4, 0.5) is 17.1 Å². The molecule has 0 aliphatic carbocycles. The molecule has 0 spiro atoms. The second-order valence-corrected chi connectivity index (χ2v) is 15.4. The van der Waals surface area contributed by atoms with Gasteiger partial charge in [-0.2, -0.15) is 0 Å². The van der Waals surface area contributed by atoms with Crippen LogP contribution in [0.15, 0.2) is 243 Å². The first-order chi connectivity index (χ1) is 29.7. The highest BCUT2D eigenvalue weighted by Gasteiger charge is 2.20. The second-order valence-electron chi connectivity index (χ2n) is 15.4. The van der Waals surface area contributed by atoms with E-state index < -0.39 is 0 Å². The van der Waals surface area contributed by atoms with Crippen molar-refractivity contribution in [1.82, 2.24) is 4.57 Å². The summed E-state index contributed by atoms with van der Waals surface area (Å²) in [6.07, 6.45) is 0. The Hall–Kier alpha value is -7.94. The number of rotatable bonds is 8. The van der Waals surface area contributed by atoms with E-state index in [9.17, 15) is 0 Å². The fourth-order valence-corrected chi connectivity index (χ4v) is 8.86. The van der Waals surface area contributed by atoms with E-state index in [1.165, 1.54) is 71.6 Å². The first kappa shape index (κ1) is 35.2. The summed E-state index contributed by atoms with van der Waals surface area (Å²) in [7, 11) is 0. The van der Waals surface area contributed by atoms with E-state index in [2.05, 4.69) is 252 Å². The molecule has 11 aromatic rings. The van der Waals surface area contributed by atoms with Crippen LogP contribution in [0.3, 0.4) is 0 Å². The fourth-order valence-electron chi connectivity index (χ4n) is 8.86. The standard InChI is InChI=1S/C58H40N2/c1-4-15-41(16-5-1)44-31-33-51(34-32-44)59(52-26-13-22-47(39-52)48-30-29-43-19-10-11-20-45(43)37-48)53-35-36-56-55(40-53)58-54(27-14-28-57(58)60(56)50-24-8-3-9-25-50)49-23-12-21-46(38-49)42-17-6-2-7-18-42/h1-40H. The molecule has 0 bridgehead atoms. The molecule has 10 aromatic carbocycles. The molecule has 0 aliphatic heterocycles. The Morgan fingerprint density at radius 3 is 1.58 bits per heavy atom. The van der Waals surface area contributed by atoms with Gasteiger partial charge in [-0.05, 0) is 128 Å². The second kappa shape index (κ2) is 15.1. The van der Waals surface area contributed by atoms with Crippen LogP contribution in [0.1, 0.15) is 0 Å². The molecule has 282 valence electrons. The van der Waals surface area contributed by atoms with Gasteiger partial charge in [-0.25, -0.2) is 0 Å². The quantitative estimate of drug-likeness (QED) is 0.150. The Kier molecular flexibility index (Phi) is 8.87. The molecule has 0 fully saturated rings. The van der Waals surface area contributed by atoms with Crippen LogP contribution in [0.25, 0.3) is 82.8 Å². The van der Waals surface area contributed by atoms with E-state index in [4.69, 9.17) is 0 Å². The minimum atomic E-state index is 1.09. The van der Waals surface area contributed by atoms with E-state index in [-0.39, 0.29) is 0 Å². The predicted molar refractivity (Wildman–Crippen MR) is 255 cm³/mol. The van der Waals surface area contributed by atoms with Crippen molar-refractivity contribution in [1.29, 1.82) is 0 Å². The third kappa shape index (κ3) is 6.41. The number of aromatic nitrogens is 1. The SMILES string of the molecule is c1ccc(-c2ccc(N(c3cccc(-c4ccc5ccccc5c4)c3)c3ccc4c(c3)c3c(-c5cccc(-c6ccccc6)c5)cccc3n4-c3ccccc3)cc2)cc1. The molecular weight excluding hydrogens is 725 g/mol. The number of benzene rings is 10. The lowest BCUT2D eigenvalue weighted by atomic mass is 9.95. The predicted octanol–water partition coefficient (Wildman–Crippen LogP) is 16.1. The first-order valence-electron chi connectivity index (χ1n) is 20.6. The molecular formula is C58H40N2. The van der Waals surface area contributed by atoms with Crippen molar-refractivity contribution in [2.24, 2.45) is 0 Å². The molecule has 0 N–H and O–H groups in total. The summed E-state index contributed by atoms with van der Waals surface area (Å²) < 4.78 is 2.42. The van der Waals surface area contributed by atoms with E-state index in [1.54, 1.807) is 0 Å². The van der Waals surface area contributed by atoms with Crippen molar-refractivity contribution >= 4 is 49.6 Å². The lowest BCUT2D eigenvalue weighted by molar-refractivity contribution is 1.18. The van der Waals surface area contributed by atoms with Crippen molar-refractivity contribution in [3.63, 3.8) is 0 Å². The summed E-state index contributed by atoms with van der Waals surface area (Å²) in [5.74, 6) is 0. The summed E-state index contributed by atoms with van der Waals surface area (Å²) in [6, 6.07) is 88.0. The molecule has 0 saturated heterocycles. The lowest BCUT2D eigenvalue weighted by Crippen LogP contribution is -2.10. The molecule has 0 radical (unpaired) electrons. The molecule has 2 nitrogen and oxygen atoms in total. The monoisotopic (exact) mass is 764 g/mol. The van der Waals surface area contributed by atoms with Crippen LogP contribution >= 0.6 is 0 Å². The molecule has 0 unspecified atom stereocenters. The average molecular weight is 765 g/mol. The smallest absolute Gasteiger partial charge is 0.0547 e. The first-order valence-corrected chi connectivity index (χ1v) is 20.6. The number of hydrogen-bond donors (Lipinski definition) is 0. The summed E-state index contributed by atoms with van der Waals surface area (Å²) in [6.45, 7) is 0. The van der Waals surface area contributed by atoms with Gasteiger partial charge in [0.25, 0.3) is 0 Å². The van der Waals surface area contributed by atoms with Crippen LogP contribution in [-0.2, 0) is 0 Å². The molecule has 0 atom stereocenters. The van der Waals surface area contributed by atoms with Crippen molar-refractivity contribution < 1.29 is 0 Å². The van der Waals surface area contributed by atoms with Crippen molar-refractivity contribution in [3.05, 3.63) is 243 Å². The molecule has 11 rings (SSSR count). The lowest BCUT2D eigenvalue weighted by Gasteiger charge is -2.26. The van der Waals surface area contributed by atoms with Crippen LogP contribution < -0.4 is 4.90 Å². The van der Waals surface area contributed by atoms with Gasteiger partial charge in [0, 0.05) is 33.5 Å². The fraction of sp³-hybridized carbons (Fsp3) is 0. The maximum atomic E-state index is 2.42. The highest BCUT2D eigenvalue weighted by Crippen LogP contribution is 2.44. The summed E-state index contributed by atoms with van der Waals surface area (Å²) in [5, 5.41) is 4.90. The average Bonchev–Trinajstić information content (AvgIpc) is 3.67. The number of nitrogens with zero attached hydrogens (tertiary/aromatic N) is 2. The Morgan fingerprint density at radius 2 is 0.817 bits per heavy atom. The maximum Gasteiger partial charge on any atom is 0.0547 e. The van der Waals surface area contributed by atoms with Crippen molar-refractivity contribution in [2.75, 3.05) is 4.90 Å². The Balaban J connectivity index is 1.13. The molecule has 2 heteroatoms. The number of para-hydroxylation sites is 1. The third-order valence-corrected chi connectivity index (χ3v) is 11.7. The number of anilines is 3. The van der Waals surface area contributed by atoms with E-state index in [0.717, 1.165) is 28.3 Å². The van der Waals surface area contributed by atoms with Crippen LogP contribution in [0, 0.1) is 0 Å². The zero-order valence-corrected chi connectivity index (χ0v) is 33.0. The summed E-state index contributed by atoms with van der Waals surface area (Å²) in [4.78, 5) is 2.41. The van der Waals surface area contributed by atoms with Gasteiger partial charge >= 0.3 is 0 Å². The zero-order chi connectivity index (χ0) is 39.8. The normalized spacial score (nSPS) is 11.3. The highest BCUT2D eigenvalue weighted by molar-refractivity contribution is 6.17. The van der Waals surface area contributed by atoms with E-state index in [0.29, 0.717) is 0 Å². The van der Waals surface area contributed by atoms with Gasteiger partial charge in [0.15, 0.2) is 0 Å². The molecule has 1 heterocycles. The third-order valence-electron chi connectivity index (χ3n) is 11.7. The molecule has 0 aliphatic rings. The topological polar surface area (TPSA) is 8.17 Å². The Labute approximate surface area is 350 Å². The van der Waals surface area contributed by atoms with E-state index >= 15 is 0 Å². The summed E-state index contributed by atoms with van der Waals surface area (Å²) in [5.41, 5.74) is 16.3. The minimum Gasteiger partial charge on any atom is -0.310 e. The zero-order valence-electron chi connectivity index (χ0n) is 33.0. The molecule has 0 amide bonds. The van der Waals surface area contributed by atoms with Crippen LogP contribution in [0.5, 0.6) is 0 Å². The molecule has 60 heavy (non-hydrogen) atoms. The largest absolute Gasteiger partial charge is 0.310 e. The van der Waals surface area contributed by atoms with Gasteiger partial charge in [0.05, 0.1) is 11.0 Å². The van der Waals surface area contributed by atoms with Gasteiger partial charge in [0.2, 0.25) is 0 Å². The molecule has 0 saturated carbocycles. The Morgan fingerprint density at radius 1 is 0.283 bits per heavy atom. The summed E-state index contributed by atoms with van der Waals surface area (Å²) >= 11 is 0. The highest BCUT2D eigenvalue weighted by atomic mass is 15.1. The van der Waals surface area contributed by atoms with Crippen molar-refractivity contribution in [2.45, 2.75) is 0 Å². The van der Waals surface area contributed by atoms with Crippen LogP contribution in [-0.4, -0.2) is 4.57 Å². The molecule has 1 aromatic heterocycles. The van der Waals surface area contributed by atoms with Crippen molar-refractivity contribution in [3.8, 4) is 50.2 Å². The van der Waals surface area contributed by atoms with Gasteiger partial charge in [-0.3, -0.25) is 0 Å².